The Bertz CT molecular complexity index is 783. The molecule has 0 saturated carbocycles. The molecule has 1 aromatic heterocycles. The zero-order valence-electron chi connectivity index (χ0n) is 10.1. The highest BCUT2D eigenvalue weighted by Crippen LogP contribution is 2.44. The third-order valence-electron chi connectivity index (χ3n) is 3.94. The van der Waals surface area contributed by atoms with Gasteiger partial charge in [-0.3, -0.25) is 0 Å². The highest BCUT2D eigenvalue weighted by Gasteiger charge is 2.26. The molecule has 0 saturated heterocycles. The van der Waals surface area contributed by atoms with Crippen molar-refractivity contribution in [2.24, 2.45) is 7.05 Å². The molecule has 4 rings (SSSR count). The Labute approximate surface area is 114 Å². The molecule has 0 N–H and O–H groups in total. The molecule has 0 atom stereocenters. The highest BCUT2D eigenvalue weighted by atomic mass is 79.9. The number of hydrogen-bond donors (Lipinski definition) is 0. The van der Waals surface area contributed by atoms with E-state index in [9.17, 15) is 0 Å². The number of rotatable bonds is 0. The SMILES string of the molecule is Cn1c2c(c3ccccc31)Cc1c(Br)cccc1-2. The third kappa shape index (κ3) is 1.16. The van der Waals surface area contributed by atoms with Crippen LogP contribution >= 0.6 is 15.9 Å². The summed E-state index contributed by atoms with van der Waals surface area (Å²) in [5, 5.41) is 1.39. The monoisotopic (exact) mass is 297 g/mol. The molecule has 0 fully saturated rings. The van der Waals surface area contributed by atoms with Crippen molar-refractivity contribution < 1.29 is 0 Å². The topological polar surface area (TPSA) is 4.93 Å². The van der Waals surface area contributed by atoms with Gasteiger partial charge in [-0.15, -0.1) is 0 Å². The maximum Gasteiger partial charge on any atom is 0.0527 e. The Kier molecular flexibility index (Phi) is 2.01. The lowest BCUT2D eigenvalue weighted by atomic mass is 10.1. The van der Waals surface area contributed by atoms with Crippen LogP contribution in [0, 0.1) is 0 Å². The van der Waals surface area contributed by atoms with Gasteiger partial charge in [-0.1, -0.05) is 46.3 Å². The molecule has 0 aliphatic heterocycles. The summed E-state index contributed by atoms with van der Waals surface area (Å²) in [5.41, 5.74) is 6.97. The van der Waals surface area contributed by atoms with Crippen LogP contribution in [0.5, 0.6) is 0 Å². The molecule has 18 heavy (non-hydrogen) atoms. The molecule has 0 radical (unpaired) electrons. The van der Waals surface area contributed by atoms with Crippen molar-refractivity contribution in [2.75, 3.05) is 0 Å². The molecular formula is C16H12BrN. The number of fused-ring (bicyclic) bond motifs is 5. The quantitative estimate of drug-likeness (QED) is 0.450. The van der Waals surface area contributed by atoms with E-state index in [-0.39, 0.29) is 0 Å². The average molecular weight is 298 g/mol. The van der Waals surface area contributed by atoms with E-state index in [0.717, 1.165) is 6.42 Å². The molecule has 0 bridgehead atoms. The van der Waals surface area contributed by atoms with Crippen molar-refractivity contribution in [2.45, 2.75) is 6.42 Å². The summed E-state index contributed by atoms with van der Waals surface area (Å²) in [6, 6.07) is 15.1. The van der Waals surface area contributed by atoms with Gasteiger partial charge in [0.15, 0.2) is 0 Å². The summed E-state index contributed by atoms with van der Waals surface area (Å²) in [7, 11) is 2.16. The number of benzene rings is 2. The normalized spacial score (nSPS) is 12.8. The van der Waals surface area contributed by atoms with Crippen LogP contribution in [-0.2, 0) is 13.5 Å². The van der Waals surface area contributed by atoms with Gasteiger partial charge in [0.2, 0.25) is 0 Å². The van der Waals surface area contributed by atoms with Gasteiger partial charge >= 0.3 is 0 Å². The summed E-state index contributed by atoms with van der Waals surface area (Å²) in [5.74, 6) is 0. The second-order valence-electron chi connectivity index (χ2n) is 4.85. The number of halogens is 1. The van der Waals surface area contributed by atoms with Crippen LogP contribution in [0.25, 0.3) is 22.2 Å². The molecule has 0 amide bonds. The Hall–Kier alpha value is -1.54. The van der Waals surface area contributed by atoms with Crippen molar-refractivity contribution in [3.05, 3.63) is 58.1 Å². The molecule has 0 spiro atoms. The second kappa shape index (κ2) is 3.48. The maximum atomic E-state index is 3.67. The highest BCUT2D eigenvalue weighted by molar-refractivity contribution is 9.10. The Morgan fingerprint density at radius 2 is 1.83 bits per heavy atom. The number of nitrogens with zero attached hydrogens (tertiary/aromatic N) is 1. The number of hydrogen-bond acceptors (Lipinski definition) is 0. The number of para-hydroxylation sites is 1. The van der Waals surface area contributed by atoms with Crippen LogP contribution in [-0.4, -0.2) is 4.57 Å². The fourth-order valence-corrected chi connectivity index (χ4v) is 3.64. The molecule has 0 unspecified atom stereocenters. The largest absolute Gasteiger partial charge is 0.343 e. The summed E-state index contributed by atoms with van der Waals surface area (Å²) >= 11 is 3.67. The molecule has 1 heterocycles. The van der Waals surface area contributed by atoms with Crippen LogP contribution in [0.15, 0.2) is 46.9 Å². The van der Waals surface area contributed by atoms with Gasteiger partial charge < -0.3 is 4.57 Å². The van der Waals surface area contributed by atoms with Gasteiger partial charge in [0.25, 0.3) is 0 Å². The van der Waals surface area contributed by atoms with Gasteiger partial charge in [0, 0.05) is 34.4 Å². The lowest BCUT2D eigenvalue weighted by Crippen LogP contribution is -1.91. The minimum absolute atomic E-state index is 1.04. The van der Waals surface area contributed by atoms with Crippen LogP contribution in [0.4, 0.5) is 0 Å². The summed E-state index contributed by atoms with van der Waals surface area (Å²) in [4.78, 5) is 0. The van der Waals surface area contributed by atoms with Crippen molar-refractivity contribution in [3.8, 4) is 11.3 Å². The number of aromatic nitrogens is 1. The van der Waals surface area contributed by atoms with E-state index < -0.39 is 0 Å². The lowest BCUT2D eigenvalue weighted by molar-refractivity contribution is 0.978. The van der Waals surface area contributed by atoms with Crippen molar-refractivity contribution >= 4 is 26.8 Å². The molecular weight excluding hydrogens is 286 g/mol. The lowest BCUT2D eigenvalue weighted by Gasteiger charge is -2.06. The molecule has 1 aliphatic rings. The minimum atomic E-state index is 1.04. The number of aryl methyl sites for hydroxylation is 1. The first-order valence-electron chi connectivity index (χ1n) is 6.11. The third-order valence-corrected chi connectivity index (χ3v) is 4.68. The zero-order chi connectivity index (χ0) is 12.3. The van der Waals surface area contributed by atoms with E-state index in [1.54, 1.807) is 0 Å². The second-order valence-corrected chi connectivity index (χ2v) is 5.70. The first-order chi connectivity index (χ1) is 8.77. The Morgan fingerprint density at radius 3 is 2.72 bits per heavy atom. The van der Waals surface area contributed by atoms with Crippen molar-refractivity contribution in [1.82, 2.24) is 4.57 Å². The minimum Gasteiger partial charge on any atom is -0.343 e. The zero-order valence-corrected chi connectivity index (χ0v) is 11.7. The predicted octanol–water partition coefficient (Wildman–Crippen LogP) is 4.51. The van der Waals surface area contributed by atoms with Crippen LogP contribution in [0.1, 0.15) is 11.1 Å². The van der Waals surface area contributed by atoms with Gasteiger partial charge in [-0.25, -0.2) is 0 Å². The van der Waals surface area contributed by atoms with Crippen LogP contribution in [0.3, 0.4) is 0 Å². The van der Waals surface area contributed by atoms with Gasteiger partial charge in [-0.2, -0.15) is 0 Å². The van der Waals surface area contributed by atoms with E-state index in [1.165, 1.54) is 37.8 Å². The average Bonchev–Trinajstić information content (AvgIpc) is 2.89. The van der Waals surface area contributed by atoms with E-state index in [2.05, 4.69) is 70.0 Å². The predicted molar refractivity (Wildman–Crippen MR) is 78.9 cm³/mol. The van der Waals surface area contributed by atoms with Crippen LogP contribution in [0.2, 0.25) is 0 Å². The summed E-state index contributed by atoms with van der Waals surface area (Å²) < 4.78 is 3.54. The first-order valence-corrected chi connectivity index (χ1v) is 6.90. The van der Waals surface area contributed by atoms with E-state index in [1.807, 2.05) is 0 Å². The van der Waals surface area contributed by atoms with Gasteiger partial charge in [0.1, 0.15) is 0 Å². The smallest absolute Gasteiger partial charge is 0.0527 e. The fourth-order valence-electron chi connectivity index (χ4n) is 3.13. The van der Waals surface area contributed by atoms with E-state index in [0.29, 0.717) is 0 Å². The molecule has 3 aromatic rings. The summed E-state index contributed by atoms with van der Waals surface area (Å²) in [6.07, 6.45) is 1.04. The van der Waals surface area contributed by atoms with Gasteiger partial charge in [-0.05, 0) is 23.3 Å². The van der Waals surface area contributed by atoms with E-state index >= 15 is 0 Å². The standard InChI is InChI=1S/C16H12BrN/c1-18-15-8-3-2-5-10(15)13-9-12-11(16(13)18)6-4-7-14(12)17/h2-8H,9H2,1H3. The maximum absolute atomic E-state index is 3.67. The Balaban J connectivity index is 2.16. The molecule has 1 nitrogen and oxygen atoms in total. The molecule has 2 heteroatoms. The van der Waals surface area contributed by atoms with E-state index in [4.69, 9.17) is 0 Å². The van der Waals surface area contributed by atoms with Crippen molar-refractivity contribution in [1.29, 1.82) is 0 Å². The van der Waals surface area contributed by atoms with Crippen molar-refractivity contribution in [3.63, 3.8) is 0 Å². The molecule has 2 aromatic carbocycles. The molecule has 88 valence electrons. The first kappa shape index (κ1) is 10.4. The fraction of sp³-hybridized carbons (Fsp3) is 0.125. The van der Waals surface area contributed by atoms with Gasteiger partial charge in [0.05, 0.1) is 5.69 Å². The Morgan fingerprint density at radius 1 is 1.00 bits per heavy atom. The molecule has 1 aliphatic carbocycles. The summed E-state index contributed by atoms with van der Waals surface area (Å²) in [6.45, 7) is 0. The van der Waals surface area contributed by atoms with Crippen LogP contribution < -0.4 is 0 Å².